The molecule has 1 N–H and O–H groups in total. The van der Waals surface area contributed by atoms with Crippen molar-refractivity contribution in [3.63, 3.8) is 0 Å². The van der Waals surface area contributed by atoms with Gasteiger partial charge in [-0.15, -0.1) is 0 Å². The van der Waals surface area contributed by atoms with E-state index in [-0.39, 0.29) is 6.03 Å². The summed E-state index contributed by atoms with van der Waals surface area (Å²) < 4.78 is 6.21. The van der Waals surface area contributed by atoms with Gasteiger partial charge < -0.3 is 15.0 Å². The lowest BCUT2D eigenvalue weighted by atomic mass is 10.2. The highest BCUT2D eigenvalue weighted by Crippen LogP contribution is 2.13. The molecule has 5 nitrogen and oxygen atoms in total. The Morgan fingerprint density at radius 1 is 1.32 bits per heavy atom. The second kappa shape index (κ2) is 8.70. The summed E-state index contributed by atoms with van der Waals surface area (Å²) in [6, 6.07) is 11.3. The van der Waals surface area contributed by atoms with E-state index in [2.05, 4.69) is 32.9 Å². The van der Waals surface area contributed by atoms with Crippen LogP contribution in [0.4, 0.5) is 10.5 Å². The fourth-order valence-corrected chi connectivity index (χ4v) is 2.26. The number of nitrogens with zero attached hydrogens (tertiary/aromatic N) is 2. The second-order valence-electron chi connectivity index (χ2n) is 4.71. The molecule has 22 heavy (non-hydrogen) atoms. The van der Waals surface area contributed by atoms with Crippen molar-refractivity contribution in [3.05, 3.63) is 57.9 Å². The molecule has 0 bridgehead atoms. The number of benzene rings is 1. The van der Waals surface area contributed by atoms with E-state index in [1.165, 1.54) is 0 Å². The SMILES string of the molecule is COCCN(Cc1cccnc1)C(=O)Nc1ccc(I)cc1. The van der Waals surface area contributed by atoms with Crippen molar-refractivity contribution in [2.75, 3.05) is 25.6 Å². The number of nitrogens with one attached hydrogen (secondary N) is 1. The summed E-state index contributed by atoms with van der Waals surface area (Å²) in [4.78, 5) is 18.2. The van der Waals surface area contributed by atoms with Crippen LogP contribution in [-0.4, -0.2) is 36.2 Å². The molecule has 1 aromatic heterocycles. The molecular weight excluding hydrogens is 393 g/mol. The zero-order valence-electron chi connectivity index (χ0n) is 12.3. The molecule has 0 saturated carbocycles. The smallest absolute Gasteiger partial charge is 0.322 e. The van der Waals surface area contributed by atoms with E-state index in [4.69, 9.17) is 4.74 Å². The van der Waals surface area contributed by atoms with Crippen LogP contribution in [0, 0.1) is 3.57 Å². The molecule has 0 aliphatic carbocycles. The third kappa shape index (κ3) is 5.27. The number of rotatable bonds is 6. The highest BCUT2D eigenvalue weighted by Gasteiger charge is 2.14. The van der Waals surface area contributed by atoms with Gasteiger partial charge in [-0.1, -0.05) is 6.07 Å². The highest BCUT2D eigenvalue weighted by atomic mass is 127. The number of amides is 2. The van der Waals surface area contributed by atoms with E-state index in [0.717, 1.165) is 14.8 Å². The number of methoxy groups -OCH3 is 1. The van der Waals surface area contributed by atoms with Gasteiger partial charge in [-0.05, 0) is 58.5 Å². The van der Waals surface area contributed by atoms with Crippen LogP contribution in [0.3, 0.4) is 0 Å². The summed E-state index contributed by atoms with van der Waals surface area (Å²) in [5.74, 6) is 0. The van der Waals surface area contributed by atoms with Crippen LogP contribution in [0.5, 0.6) is 0 Å². The molecular formula is C16H18IN3O2. The fraction of sp³-hybridized carbons (Fsp3) is 0.250. The fourth-order valence-electron chi connectivity index (χ4n) is 1.90. The summed E-state index contributed by atoms with van der Waals surface area (Å²) in [7, 11) is 1.62. The number of aromatic nitrogens is 1. The maximum Gasteiger partial charge on any atom is 0.322 e. The minimum Gasteiger partial charge on any atom is -0.383 e. The number of hydrogen-bond acceptors (Lipinski definition) is 3. The van der Waals surface area contributed by atoms with Crippen molar-refractivity contribution < 1.29 is 9.53 Å². The molecule has 2 rings (SSSR count). The largest absolute Gasteiger partial charge is 0.383 e. The van der Waals surface area contributed by atoms with Crippen LogP contribution in [0.1, 0.15) is 5.56 Å². The van der Waals surface area contributed by atoms with Crippen molar-refractivity contribution in [3.8, 4) is 0 Å². The normalized spacial score (nSPS) is 10.3. The number of halogens is 1. The lowest BCUT2D eigenvalue weighted by molar-refractivity contribution is 0.153. The van der Waals surface area contributed by atoms with Crippen LogP contribution in [0.2, 0.25) is 0 Å². The van der Waals surface area contributed by atoms with Crippen LogP contribution in [0.15, 0.2) is 48.8 Å². The Hall–Kier alpha value is -1.67. The maximum absolute atomic E-state index is 12.4. The standard InChI is InChI=1S/C16H18IN3O2/c1-22-10-9-20(12-13-3-2-8-18-11-13)16(21)19-15-6-4-14(17)5-7-15/h2-8,11H,9-10,12H2,1H3,(H,19,21). The van der Waals surface area contributed by atoms with E-state index in [0.29, 0.717) is 19.7 Å². The monoisotopic (exact) mass is 411 g/mol. The first kappa shape index (κ1) is 16.7. The predicted molar refractivity (Wildman–Crippen MR) is 94.7 cm³/mol. The molecule has 0 aliphatic rings. The predicted octanol–water partition coefficient (Wildman–Crippen LogP) is 3.37. The topological polar surface area (TPSA) is 54.5 Å². The highest BCUT2D eigenvalue weighted by molar-refractivity contribution is 14.1. The van der Waals surface area contributed by atoms with Gasteiger partial charge in [0.15, 0.2) is 0 Å². The number of carbonyl (C=O) groups is 1. The average molecular weight is 411 g/mol. The summed E-state index contributed by atoms with van der Waals surface area (Å²) in [5, 5.41) is 2.91. The van der Waals surface area contributed by atoms with Crippen LogP contribution in [-0.2, 0) is 11.3 Å². The molecule has 0 atom stereocenters. The van der Waals surface area contributed by atoms with Crippen molar-refractivity contribution in [2.24, 2.45) is 0 Å². The van der Waals surface area contributed by atoms with E-state index < -0.39 is 0 Å². The molecule has 2 amide bonds. The Labute approximate surface area is 143 Å². The minimum absolute atomic E-state index is 0.151. The lowest BCUT2D eigenvalue weighted by Gasteiger charge is -2.22. The van der Waals surface area contributed by atoms with Crippen molar-refractivity contribution in [1.82, 2.24) is 9.88 Å². The first-order valence-corrected chi connectivity index (χ1v) is 7.96. The molecule has 0 radical (unpaired) electrons. The van der Waals surface area contributed by atoms with Crippen molar-refractivity contribution in [1.29, 1.82) is 0 Å². The molecule has 116 valence electrons. The summed E-state index contributed by atoms with van der Waals surface area (Å²) in [5.41, 5.74) is 1.76. The van der Waals surface area contributed by atoms with Crippen LogP contribution >= 0.6 is 22.6 Å². The number of hydrogen-bond donors (Lipinski definition) is 1. The van der Waals surface area contributed by atoms with Gasteiger partial charge in [-0.3, -0.25) is 4.98 Å². The molecule has 0 saturated heterocycles. The second-order valence-corrected chi connectivity index (χ2v) is 5.96. The molecule has 6 heteroatoms. The van der Waals surface area contributed by atoms with E-state index in [1.807, 2.05) is 36.4 Å². The quantitative estimate of drug-likeness (QED) is 0.742. The zero-order valence-corrected chi connectivity index (χ0v) is 14.5. The van der Waals surface area contributed by atoms with Gasteiger partial charge in [0.1, 0.15) is 0 Å². The Morgan fingerprint density at radius 3 is 2.73 bits per heavy atom. The summed E-state index contributed by atoms with van der Waals surface area (Å²) >= 11 is 2.23. The van der Waals surface area contributed by atoms with Crippen LogP contribution < -0.4 is 5.32 Å². The third-order valence-corrected chi connectivity index (χ3v) is 3.76. The van der Waals surface area contributed by atoms with Crippen molar-refractivity contribution >= 4 is 34.3 Å². The third-order valence-electron chi connectivity index (χ3n) is 3.04. The molecule has 0 aliphatic heterocycles. The molecule has 1 aromatic carbocycles. The number of urea groups is 1. The van der Waals surface area contributed by atoms with Gasteiger partial charge in [0.25, 0.3) is 0 Å². The molecule has 2 aromatic rings. The molecule has 1 heterocycles. The zero-order chi connectivity index (χ0) is 15.8. The van der Waals surface area contributed by atoms with Gasteiger partial charge >= 0.3 is 6.03 Å². The lowest BCUT2D eigenvalue weighted by Crippen LogP contribution is -2.36. The van der Waals surface area contributed by atoms with E-state index in [9.17, 15) is 4.79 Å². The number of pyridine rings is 1. The Kier molecular flexibility index (Phi) is 6.60. The van der Waals surface area contributed by atoms with Gasteiger partial charge in [0, 0.05) is 41.9 Å². The maximum atomic E-state index is 12.4. The first-order valence-electron chi connectivity index (χ1n) is 6.88. The minimum atomic E-state index is -0.151. The van der Waals surface area contributed by atoms with Gasteiger partial charge in [0.05, 0.1) is 6.61 Å². The van der Waals surface area contributed by atoms with Gasteiger partial charge in [0.2, 0.25) is 0 Å². The summed E-state index contributed by atoms with van der Waals surface area (Å²) in [6.45, 7) is 1.50. The Balaban J connectivity index is 2.03. The van der Waals surface area contributed by atoms with E-state index in [1.54, 1.807) is 24.4 Å². The van der Waals surface area contributed by atoms with Crippen LogP contribution in [0.25, 0.3) is 0 Å². The number of ether oxygens (including phenoxy) is 1. The molecule has 0 fully saturated rings. The number of anilines is 1. The van der Waals surface area contributed by atoms with Gasteiger partial charge in [-0.2, -0.15) is 0 Å². The molecule has 0 unspecified atom stereocenters. The Morgan fingerprint density at radius 2 is 2.09 bits per heavy atom. The first-order chi connectivity index (χ1) is 10.7. The average Bonchev–Trinajstić information content (AvgIpc) is 2.54. The van der Waals surface area contributed by atoms with Crippen molar-refractivity contribution in [2.45, 2.75) is 6.54 Å². The summed E-state index contributed by atoms with van der Waals surface area (Å²) in [6.07, 6.45) is 3.48. The number of carbonyl (C=O) groups excluding carboxylic acids is 1. The molecule has 0 spiro atoms. The van der Waals surface area contributed by atoms with Gasteiger partial charge in [-0.25, -0.2) is 4.79 Å². The Bertz CT molecular complexity index is 590. The van der Waals surface area contributed by atoms with E-state index >= 15 is 0 Å².